The molecule has 0 aromatic heterocycles. The van der Waals surface area contributed by atoms with Gasteiger partial charge in [0.1, 0.15) is 5.75 Å². The first-order valence-corrected chi connectivity index (χ1v) is 5.96. The third-order valence-corrected chi connectivity index (χ3v) is 2.79. The maximum Gasteiger partial charge on any atom is 0.251 e. The molecule has 5 heteroatoms. The van der Waals surface area contributed by atoms with Crippen LogP contribution in [0.4, 0.5) is 8.78 Å². The number of rotatable bonds is 4. The molecule has 0 aliphatic rings. The van der Waals surface area contributed by atoms with E-state index in [4.69, 9.17) is 4.74 Å². The normalized spacial score (nSPS) is 10.2. The van der Waals surface area contributed by atoms with Crippen LogP contribution >= 0.6 is 0 Å². The molecule has 0 spiro atoms. The fourth-order valence-corrected chi connectivity index (χ4v) is 1.67. The molecule has 0 radical (unpaired) electrons. The summed E-state index contributed by atoms with van der Waals surface area (Å²) >= 11 is 0. The SMILES string of the molecule is COc1ccc(CNC(=O)c2ccc(F)c(F)c2)cc1. The fourth-order valence-electron chi connectivity index (χ4n) is 1.67. The Kier molecular flexibility index (Phi) is 4.30. The summed E-state index contributed by atoms with van der Waals surface area (Å²) in [6.45, 7) is 0.293. The van der Waals surface area contributed by atoms with E-state index in [1.165, 1.54) is 6.07 Å². The summed E-state index contributed by atoms with van der Waals surface area (Å²) in [6.07, 6.45) is 0. The Hall–Kier alpha value is -2.43. The number of halogens is 2. The summed E-state index contributed by atoms with van der Waals surface area (Å²) < 4.78 is 30.8. The van der Waals surface area contributed by atoms with Crippen LogP contribution in [0.15, 0.2) is 42.5 Å². The Labute approximate surface area is 115 Å². The Balaban J connectivity index is 1.98. The zero-order chi connectivity index (χ0) is 14.5. The molecule has 2 rings (SSSR count). The van der Waals surface area contributed by atoms with Gasteiger partial charge in [-0.05, 0) is 35.9 Å². The number of amides is 1. The van der Waals surface area contributed by atoms with Crippen molar-refractivity contribution in [1.29, 1.82) is 0 Å². The Bertz CT molecular complexity index is 612. The summed E-state index contributed by atoms with van der Waals surface area (Å²) in [5, 5.41) is 2.63. The highest BCUT2D eigenvalue weighted by molar-refractivity contribution is 5.94. The van der Waals surface area contributed by atoms with Crippen molar-refractivity contribution in [3.8, 4) is 5.75 Å². The van der Waals surface area contributed by atoms with E-state index in [0.29, 0.717) is 6.54 Å². The molecule has 0 aliphatic carbocycles. The predicted octanol–water partition coefficient (Wildman–Crippen LogP) is 2.90. The second-order valence-corrected chi connectivity index (χ2v) is 4.16. The maximum absolute atomic E-state index is 13.0. The lowest BCUT2D eigenvalue weighted by Gasteiger charge is -2.06. The van der Waals surface area contributed by atoms with E-state index in [1.807, 2.05) is 12.1 Å². The molecule has 3 nitrogen and oxygen atoms in total. The van der Waals surface area contributed by atoms with E-state index in [0.717, 1.165) is 23.4 Å². The van der Waals surface area contributed by atoms with E-state index in [2.05, 4.69) is 5.32 Å². The molecule has 0 heterocycles. The molecule has 2 aromatic carbocycles. The van der Waals surface area contributed by atoms with Crippen molar-refractivity contribution in [3.05, 3.63) is 65.2 Å². The molecule has 0 aliphatic heterocycles. The Morgan fingerprint density at radius 3 is 2.40 bits per heavy atom. The van der Waals surface area contributed by atoms with Crippen LogP contribution in [0, 0.1) is 11.6 Å². The van der Waals surface area contributed by atoms with E-state index in [1.54, 1.807) is 19.2 Å². The smallest absolute Gasteiger partial charge is 0.251 e. The van der Waals surface area contributed by atoms with Crippen LogP contribution in [0.2, 0.25) is 0 Å². The molecule has 2 aromatic rings. The van der Waals surface area contributed by atoms with E-state index < -0.39 is 17.5 Å². The number of ether oxygens (including phenoxy) is 1. The second kappa shape index (κ2) is 6.14. The highest BCUT2D eigenvalue weighted by atomic mass is 19.2. The van der Waals surface area contributed by atoms with Gasteiger partial charge in [-0.15, -0.1) is 0 Å². The molecule has 0 saturated carbocycles. The summed E-state index contributed by atoms with van der Waals surface area (Å²) in [7, 11) is 1.57. The van der Waals surface area contributed by atoms with Gasteiger partial charge < -0.3 is 10.1 Å². The first-order chi connectivity index (χ1) is 9.60. The number of hydrogen-bond donors (Lipinski definition) is 1. The molecule has 1 amide bonds. The fraction of sp³-hybridized carbons (Fsp3) is 0.133. The lowest BCUT2D eigenvalue weighted by molar-refractivity contribution is 0.0950. The lowest BCUT2D eigenvalue weighted by atomic mass is 10.2. The molecule has 0 saturated heterocycles. The average molecular weight is 277 g/mol. The quantitative estimate of drug-likeness (QED) is 0.933. The average Bonchev–Trinajstić information content (AvgIpc) is 2.48. The minimum absolute atomic E-state index is 0.0809. The summed E-state index contributed by atoms with van der Waals surface area (Å²) in [5.41, 5.74) is 0.958. The monoisotopic (exact) mass is 277 g/mol. The number of nitrogens with one attached hydrogen (secondary N) is 1. The third-order valence-electron chi connectivity index (χ3n) is 2.79. The van der Waals surface area contributed by atoms with Crippen LogP contribution in [0.3, 0.4) is 0 Å². The molecule has 0 fully saturated rings. The topological polar surface area (TPSA) is 38.3 Å². The standard InChI is InChI=1S/C15H13F2NO2/c1-20-12-5-2-10(3-6-12)9-18-15(19)11-4-7-13(16)14(17)8-11/h2-8H,9H2,1H3,(H,18,19). The van der Waals surface area contributed by atoms with Crippen molar-refractivity contribution in [2.75, 3.05) is 7.11 Å². The van der Waals surface area contributed by atoms with Crippen molar-refractivity contribution in [2.45, 2.75) is 6.54 Å². The molecule has 0 unspecified atom stereocenters. The zero-order valence-electron chi connectivity index (χ0n) is 10.8. The van der Waals surface area contributed by atoms with Crippen LogP contribution in [0.5, 0.6) is 5.75 Å². The van der Waals surface area contributed by atoms with Gasteiger partial charge in [-0.1, -0.05) is 12.1 Å². The van der Waals surface area contributed by atoms with Gasteiger partial charge in [0.15, 0.2) is 11.6 Å². The highest BCUT2D eigenvalue weighted by Crippen LogP contribution is 2.12. The van der Waals surface area contributed by atoms with Gasteiger partial charge in [0.25, 0.3) is 5.91 Å². The second-order valence-electron chi connectivity index (χ2n) is 4.16. The van der Waals surface area contributed by atoms with Crippen LogP contribution in [-0.2, 0) is 6.54 Å². The summed E-state index contributed by atoms with van der Waals surface area (Å²) in [6, 6.07) is 10.2. The molecular formula is C15H13F2NO2. The molecule has 0 bridgehead atoms. The van der Waals surface area contributed by atoms with E-state index >= 15 is 0 Å². The van der Waals surface area contributed by atoms with Gasteiger partial charge in [-0.3, -0.25) is 4.79 Å². The number of hydrogen-bond acceptors (Lipinski definition) is 2. The van der Waals surface area contributed by atoms with Gasteiger partial charge >= 0.3 is 0 Å². The Morgan fingerprint density at radius 1 is 1.10 bits per heavy atom. The molecular weight excluding hydrogens is 264 g/mol. The summed E-state index contributed by atoms with van der Waals surface area (Å²) in [4.78, 5) is 11.8. The highest BCUT2D eigenvalue weighted by Gasteiger charge is 2.09. The number of benzene rings is 2. The predicted molar refractivity (Wildman–Crippen MR) is 70.5 cm³/mol. The van der Waals surface area contributed by atoms with Crippen LogP contribution in [-0.4, -0.2) is 13.0 Å². The van der Waals surface area contributed by atoms with E-state index in [9.17, 15) is 13.6 Å². The van der Waals surface area contributed by atoms with Crippen molar-refractivity contribution in [2.24, 2.45) is 0 Å². The van der Waals surface area contributed by atoms with Crippen LogP contribution in [0.25, 0.3) is 0 Å². The number of carbonyl (C=O) groups excluding carboxylic acids is 1. The first-order valence-electron chi connectivity index (χ1n) is 5.96. The lowest BCUT2D eigenvalue weighted by Crippen LogP contribution is -2.22. The first kappa shape index (κ1) is 14.0. The van der Waals surface area contributed by atoms with Gasteiger partial charge in [0.2, 0.25) is 0 Å². The van der Waals surface area contributed by atoms with Gasteiger partial charge in [-0.2, -0.15) is 0 Å². The van der Waals surface area contributed by atoms with Crippen molar-refractivity contribution in [1.82, 2.24) is 5.32 Å². The largest absolute Gasteiger partial charge is 0.497 e. The third kappa shape index (κ3) is 3.32. The number of methoxy groups -OCH3 is 1. The van der Waals surface area contributed by atoms with Crippen molar-refractivity contribution in [3.63, 3.8) is 0 Å². The van der Waals surface area contributed by atoms with Crippen LogP contribution in [0.1, 0.15) is 15.9 Å². The summed E-state index contributed by atoms with van der Waals surface area (Å²) in [5.74, 6) is -1.75. The minimum Gasteiger partial charge on any atom is -0.497 e. The molecule has 104 valence electrons. The molecule has 1 N–H and O–H groups in total. The minimum atomic E-state index is -1.04. The zero-order valence-corrected chi connectivity index (χ0v) is 10.8. The number of carbonyl (C=O) groups is 1. The molecule has 20 heavy (non-hydrogen) atoms. The maximum atomic E-state index is 13.0. The van der Waals surface area contributed by atoms with Gasteiger partial charge in [0.05, 0.1) is 7.11 Å². The van der Waals surface area contributed by atoms with Gasteiger partial charge in [-0.25, -0.2) is 8.78 Å². The Morgan fingerprint density at radius 2 is 1.80 bits per heavy atom. The van der Waals surface area contributed by atoms with Crippen molar-refractivity contribution < 1.29 is 18.3 Å². The van der Waals surface area contributed by atoms with Crippen LogP contribution < -0.4 is 10.1 Å². The molecule has 0 atom stereocenters. The van der Waals surface area contributed by atoms with Gasteiger partial charge in [0, 0.05) is 12.1 Å². The van der Waals surface area contributed by atoms with E-state index in [-0.39, 0.29) is 5.56 Å². The van der Waals surface area contributed by atoms with Crippen molar-refractivity contribution >= 4 is 5.91 Å².